The number of hydrogen-bond donors (Lipinski definition) is 1. The topological polar surface area (TPSA) is 66.5 Å². The van der Waals surface area contributed by atoms with Gasteiger partial charge in [0.15, 0.2) is 0 Å². The van der Waals surface area contributed by atoms with Gasteiger partial charge in [0.25, 0.3) is 0 Å². The molecule has 0 radical (unpaired) electrons. The molecule has 0 heterocycles. The Morgan fingerprint density at radius 2 is 1.20 bits per heavy atom. The van der Waals surface area contributed by atoms with E-state index < -0.39 is 0 Å². The van der Waals surface area contributed by atoms with Crippen LogP contribution >= 0.6 is 23.2 Å². The second-order valence-electron chi connectivity index (χ2n) is 0.101. The van der Waals surface area contributed by atoms with Gasteiger partial charge in [-0.3, -0.25) is 0 Å². The minimum Gasteiger partial charge on any atom is -0.412 e. The van der Waals surface area contributed by atoms with E-state index in [1.165, 1.54) is 0 Å². The second kappa shape index (κ2) is 24.5. The molecular formula is CH7Cl2NO. The van der Waals surface area contributed by atoms with Crippen molar-refractivity contribution in [1.29, 1.82) is 0 Å². The Balaban J connectivity index is -0.0000000200. The summed E-state index contributed by atoms with van der Waals surface area (Å²) in [6.07, 6.45) is 0. The predicted octanol–water partition coefficient (Wildman–Crippen LogP) is 0.759. The number of hydrogen-bond acceptors (Lipinski definition) is 1. The molecule has 0 aliphatic carbocycles. The average molecular weight is 120 g/mol. The van der Waals surface area contributed by atoms with E-state index in [-0.39, 0.29) is 17.0 Å². The Morgan fingerprint density at radius 1 is 1.20 bits per heavy atom. The zero-order chi connectivity index (χ0) is 2.71. The van der Waals surface area contributed by atoms with Gasteiger partial charge in [0.2, 0.25) is 0 Å². The highest BCUT2D eigenvalue weighted by atomic mass is 35.5. The van der Waals surface area contributed by atoms with E-state index in [1.807, 2.05) is 0 Å². The number of halogens is 2. The summed E-state index contributed by atoms with van der Waals surface area (Å²) in [6.45, 7) is 0. The van der Waals surface area contributed by atoms with Gasteiger partial charge in [-0.25, -0.2) is 0 Å². The molecule has 0 unspecified atom stereocenters. The highest BCUT2D eigenvalue weighted by Crippen LogP contribution is 1.73. The van der Waals surface area contributed by atoms with Crippen molar-refractivity contribution in [2.75, 3.05) is 5.34 Å². The number of rotatable bonds is 0. The summed E-state index contributed by atoms with van der Waals surface area (Å²) >= 11 is 9.53. The van der Waals surface area contributed by atoms with E-state index in [9.17, 15) is 0 Å². The molecule has 2 nitrogen and oxygen atoms in total. The highest BCUT2D eigenvalue weighted by Gasteiger charge is 1.41. The fourth-order valence-corrected chi connectivity index (χ4v) is 0. The molecule has 0 fully saturated rings. The van der Waals surface area contributed by atoms with Crippen molar-refractivity contribution in [3.8, 4) is 0 Å². The van der Waals surface area contributed by atoms with Gasteiger partial charge in [-0.2, -0.15) is 0 Å². The summed E-state index contributed by atoms with van der Waals surface area (Å²) in [5.74, 6) is 0. The zero-order valence-electron chi connectivity index (χ0n) is 2.67. The van der Waals surface area contributed by atoms with Crippen LogP contribution in [-0.2, 0) is 0 Å². The van der Waals surface area contributed by atoms with Crippen LogP contribution in [0.3, 0.4) is 0 Å². The van der Waals surface area contributed by atoms with Crippen LogP contribution in [0.15, 0.2) is 0 Å². The van der Waals surface area contributed by atoms with Gasteiger partial charge in [-0.1, -0.05) is 0 Å². The minimum absolute atomic E-state index is 0. The molecule has 0 bridgehead atoms. The summed E-state index contributed by atoms with van der Waals surface area (Å²) in [6, 6.07) is 0. The molecule has 0 rings (SSSR count). The molecule has 4 heteroatoms. The molecule has 0 amide bonds. The van der Waals surface area contributed by atoms with Crippen molar-refractivity contribution >= 4 is 23.2 Å². The van der Waals surface area contributed by atoms with Crippen molar-refractivity contribution in [3.05, 3.63) is 0 Å². The lowest BCUT2D eigenvalue weighted by atomic mass is 11.9. The van der Waals surface area contributed by atoms with E-state index in [1.54, 1.807) is 0 Å². The molecule has 0 saturated heterocycles. The van der Waals surface area contributed by atoms with Crippen molar-refractivity contribution in [2.45, 2.75) is 0 Å². The van der Waals surface area contributed by atoms with E-state index in [2.05, 4.69) is 0 Å². The SMILES string of the molecule is ClCCl.N.O. The number of alkyl halides is 2. The summed E-state index contributed by atoms with van der Waals surface area (Å²) in [4.78, 5) is 0. The van der Waals surface area contributed by atoms with Gasteiger partial charge in [-0.05, 0) is 0 Å². The van der Waals surface area contributed by atoms with Crippen molar-refractivity contribution in [2.24, 2.45) is 0 Å². The van der Waals surface area contributed by atoms with Crippen LogP contribution in [0, 0.1) is 0 Å². The van der Waals surface area contributed by atoms with E-state index in [0.29, 0.717) is 0 Å². The Morgan fingerprint density at radius 3 is 1.20 bits per heavy atom. The van der Waals surface area contributed by atoms with Crippen molar-refractivity contribution < 1.29 is 5.48 Å². The lowest BCUT2D eigenvalue weighted by Gasteiger charge is -1.42. The van der Waals surface area contributed by atoms with Crippen LogP contribution in [0.4, 0.5) is 0 Å². The van der Waals surface area contributed by atoms with Crippen LogP contribution in [0.2, 0.25) is 0 Å². The van der Waals surface area contributed by atoms with Gasteiger partial charge < -0.3 is 11.6 Å². The third-order valence-electron chi connectivity index (χ3n) is 0. The molecule has 5 N–H and O–H groups in total. The molecule has 0 saturated carbocycles. The Bertz CT molecular complexity index is 9.61. The second-order valence-corrected chi connectivity index (χ2v) is 0.909. The van der Waals surface area contributed by atoms with Gasteiger partial charge in [0.1, 0.15) is 0 Å². The molecule has 5 heavy (non-hydrogen) atoms. The van der Waals surface area contributed by atoms with Crippen LogP contribution in [-0.4, -0.2) is 10.8 Å². The quantitative estimate of drug-likeness (QED) is 0.471. The molecule has 0 aromatic rings. The smallest absolute Gasteiger partial charge is 0.0967 e. The van der Waals surface area contributed by atoms with E-state index >= 15 is 0 Å². The fraction of sp³-hybridized carbons (Fsp3) is 1.00. The third-order valence-corrected chi connectivity index (χ3v) is 0. The maximum Gasteiger partial charge on any atom is 0.0967 e. The molecule has 36 valence electrons. The van der Waals surface area contributed by atoms with Crippen LogP contribution in [0.1, 0.15) is 0 Å². The van der Waals surface area contributed by atoms with Gasteiger partial charge in [0, 0.05) is 0 Å². The highest BCUT2D eigenvalue weighted by molar-refractivity contribution is 6.40. The average Bonchev–Trinajstić information content (AvgIpc) is 0.918. The zero-order valence-corrected chi connectivity index (χ0v) is 4.18. The molecule has 0 aromatic carbocycles. The normalized spacial score (nSPS) is 3.60. The maximum atomic E-state index is 4.76. The Labute approximate surface area is 41.0 Å². The first-order chi connectivity index (χ1) is 1.41. The largest absolute Gasteiger partial charge is 0.412 e. The van der Waals surface area contributed by atoms with Gasteiger partial charge in [-0.15, -0.1) is 23.2 Å². The fourth-order valence-electron chi connectivity index (χ4n) is 0. The van der Waals surface area contributed by atoms with Crippen LogP contribution < -0.4 is 6.15 Å². The van der Waals surface area contributed by atoms with Crippen molar-refractivity contribution in [3.63, 3.8) is 0 Å². The first-order valence-corrected chi connectivity index (χ1v) is 1.60. The molecule has 0 aromatic heterocycles. The van der Waals surface area contributed by atoms with E-state index in [4.69, 9.17) is 23.2 Å². The summed E-state index contributed by atoms with van der Waals surface area (Å²) in [5, 5.41) is 0.194. The van der Waals surface area contributed by atoms with Gasteiger partial charge in [0.05, 0.1) is 5.34 Å². The summed E-state index contributed by atoms with van der Waals surface area (Å²) in [7, 11) is 0. The molecule has 0 atom stereocenters. The monoisotopic (exact) mass is 119 g/mol. The summed E-state index contributed by atoms with van der Waals surface area (Å²) < 4.78 is 0. The van der Waals surface area contributed by atoms with E-state index in [0.717, 1.165) is 0 Å². The van der Waals surface area contributed by atoms with Gasteiger partial charge >= 0.3 is 0 Å². The standard InChI is InChI=1S/CH2Cl2.H3N.H2O/c2-1-3;;/h1H2;1H3;1H2. The van der Waals surface area contributed by atoms with Crippen molar-refractivity contribution in [1.82, 2.24) is 6.15 Å². The first kappa shape index (κ1) is 17.8. The van der Waals surface area contributed by atoms with Crippen LogP contribution in [0.5, 0.6) is 0 Å². The lowest BCUT2D eigenvalue weighted by molar-refractivity contribution is 0.824. The lowest BCUT2D eigenvalue weighted by Crippen LogP contribution is -1.24. The first-order valence-electron chi connectivity index (χ1n) is 0.535. The predicted molar refractivity (Wildman–Crippen MR) is 25.2 cm³/mol. The molecular weight excluding hydrogens is 113 g/mol. The molecule has 0 spiro atoms. The molecule has 0 aliphatic heterocycles. The molecule has 0 aliphatic rings. The Kier molecular flexibility index (Phi) is 87.3. The van der Waals surface area contributed by atoms with Crippen LogP contribution in [0.25, 0.3) is 0 Å². The maximum absolute atomic E-state index is 4.76. The summed E-state index contributed by atoms with van der Waals surface area (Å²) in [5.41, 5.74) is 0. The Hall–Kier alpha value is 0.500. The third kappa shape index (κ3) is 113. The minimum atomic E-state index is 0.